The van der Waals surface area contributed by atoms with Gasteiger partial charge in [0.1, 0.15) is 11.6 Å². The Morgan fingerprint density at radius 1 is 0.933 bits per heavy atom. The molecule has 5 nitrogen and oxygen atoms in total. The highest BCUT2D eigenvalue weighted by atomic mass is 19.1. The Kier molecular flexibility index (Phi) is 7.16. The maximum Gasteiger partial charge on any atom is 0.310 e. The molecule has 6 heteroatoms. The third-order valence-corrected chi connectivity index (χ3v) is 4.36. The number of hydrogen-bond acceptors (Lipinski definition) is 4. The number of hydrogen-bond donors (Lipinski definition) is 1. The molecule has 0 saturated carbocycles. The van der Waals surface area contributed by atoms with Gasteiger partial charge in [-0.05, 0) is 42.8 Å². The predicted molar refractivity (Wildman–Crippen MR) is 112 cm³/mol. The van der Waals surface area contributed by atoms with E-state index in [4.69, 9.17) is 9.47 Å². The second-order valence-corrected chi connectivity index (χ2v) is 6.64. The molecule has 1 N–H and O–H groups in total. The summed E-state index contributed by atoms with van der Waals surface area (Å²) in [5, 5.41) is 2.65. The Morgan fingerprint density at radius 3 is 2.30 bits per heavy atom. The Morgan fingerprint density at radius 2 is 1.60 bits per heavy atom. The minimum absolute atomic E-state index is 0.0124. The second kappa shape index (κ2) is 10.2. The second-order valence-electron chi connectivity index (χ2n) is 6.64. The number of esters is 1. The van der Waals surface area contributed by atoms with Gasteiger partial charge in [0, 0.05) is 11.3 Å². The van der Waals surface area contributed by atoms with Crippen LogP contribution in [0.1, 0.15) is 23.7 Å². The van der Waals surface area contributed by atoms with Crippen LogP contribution >= 0.6 is 0 Å². The molecule has 0 aliphatic carbocycles. The van der Waals surface area contributed by atoms with Crippen LogP contribution in [0, 0.1) is 12.7 Å². The largest absolute Gasteiger partial charge is 0.493 e. The summed E-state index contributed by atoms with van der Waals surface area (Å²) >= 11 is 0. The number of ether oxygens (including phenoxy) is 2. The van der Waals surface area contributed by atoms with Gasteiger partial charge < -0.3 is 14.8 Å². The highest BCUT2D eigenvalue weighted by Crippen LogP contribution is 2.21. The zero-order chi connectivity index (χ0) is 21.3. The van der Waals surface area contributed by atoms with E-state index in [0.29, 0.717) is 17.0 Å². The first-order chi connectivity index (χ1) is 14.5. The standard InChI is InChI=1S/C24H22FNO4/c1-17-7-5-6-10-21(17)29-16-15-22(27)30-23(18-8-3-2-4-9-18)24(28)26-20-13-11-19(25)12-14-20/h2-14,23H,15-16H2,1H3,(H,26,28)/t23-/m1/s1. The third kappa shape index (κ3) is 5.91. The third-order valence-electron chi connectivity index (χ3n) is 4.36. The van der Waals surface area contributed by atoms with Crippen molar-refractivity contribution in [2.24, 2.45) is 0 Å². The Hall–Kier alpha value is -3.67. The molecule has 0 spiro atoms. The monoisotopic (exact) mass is 407 g/mol. The van der Waals surface area contributed by atoms with Gasteiger partial charge in [-0.1, -0.05) is 48.5 Å². The molecular formula is C24H22FNO4. The molecular weight excluding hydrogens is 385 g/mol. The molecule has 0 aromatic heterocycles. The molecule has 3 aromatic rings. The van der Waals surface area contributed by atoms with E-state index in [1.165, 1.54) is 24.3 Å². The van der Waals surface area contributed by atoms with Gasteiger partial charge in [-0.3, -0.25) is 9.59 Å². The van der Waals surface area contributed by atoms with Gasteiger partial charge in [0.15, 0.2) is 0 Å². The van der Waals surface area contributed by atoms with Gasteiger partial charge in [-0.2, -0.15) is 0 Å². The number of rotatable bonds is 8. The van der Waals surface area contributed by atoms with Gasteiger partial charge in [0.25, 0.3) is 5.91 Å². The molecule has 0 aliphatic rings. The highest BCUT2D eigenvalue weighted by Gasteiger charge is 2.25. The number of aryl methyl sites for hydroxylation is 1. The van der Waals surface area contributed by atoms with E-state index in [-0.39, 0.29) is 13.0 Å². The topological polar surface area (TPSA) is 64.6 Å². The molecule has 0 radical (unpaired) electrons. The summed E-state index contributed by atoms with van der Waals surface area (Å²) in [7, 11) is 0. The summed E-state index contributed by atoms with van der Waals surface area (Å²) in [5.41, 5.74) is 1.90. The summed E-state index contributed by atoms with van der Waals surface area (Å²) in [6, 6.07) is 21.6. The maximum atomic E-state index is 13.1. The van der Waals surface area contributed by atoms with E-state index in [0.717, 1.165) is 5.56 Å². The van der Waals surface area contributed by atoms with Crippen LogP contribution < -0.4 is 10.1 Å². The van der Waals surface area contributed by atoms with Crippen molar-refractivity contribution in [3.8, 4) is 5.75 Å². The van der Waals surface area contributed by atoms with E-state index in [9.17, 15) is 14.0 Å². The van der Waals surface area contributed by atoms with E-state index in [2.05, 4.69) is 5.32 Å². The lowest BCUT2D eigenvalue weighted by molar-refractivity contribution is -0.155. The minimum Gasteiger partial charge on any atom is -0.493 e. The van der Waals surface area contributed by atoms with Crippen molar-refractivity contribution < 1.29 is 23.5 Å². The zero-order valence-corrected chi connectivity index (χ0v) is 16.5. The molecule has 154 valence electrons. The SMILES string of the molecule is Cc1ccccc1OCCC(=O)O[C@@H](C(=O)Nc1ccc(F)cc1)c1ccccc1. The van der Waals surface area contributed by atoms with Crippen molar-refractivity contribution in [1.29, 1.82) is 0 Å². The summed E-state index contributed by atoms with van der Waals surface area (Å²) in [4.78, 5) is 25.1. The molecule has 30 heavy (non-hydrogen) atoms. The van der Waals surface area contributed by atoms with Gasteiger partial charge >= 0.3 is 5.97 Å². The molecule has 1 atom stereocenters. The summed E-state index contributed by atoms with van der Waals surface area (Å²) in [6.07, 6.45) is -1.15. The zero-order valence-electron chi connectivity index (χ0n) is 16.5. The van der Waals surface area contributed by atoms with Gasteiger partial charge in [-0.15, -0.1) is 0 Å². The maximum absolute atomic E-state index is 13.1. The quantitative estimate of drug-likeness (QED) is 0.544. The molecule has 3 rings (SSSR count). The Balaban J connectivity index is 1.63. The van der Waals surface area contributed by atoms with Crippen LogP contribution in [-0.4, -0.2) is 18.5 Å². The van der Waals surface area contributed by atoms with Crippen molar-refractivity contribution in [2.75, 3.05) is 11.9 Å². The van der Waals surface area contributed by atoms with Gasteiger partial charge in [0.2, 0.25) is 6.10 Å². The van der Waals surface area contributed by atoms with Crippen LogP contribution in [-0.2, 0) is 14.3 Å². The summed E-state index contributed by atoms with van der Waals surface area (Å²) in [6.45, 7) is 2.05. The van der Waals surface area contributed by atoms with E-state index in [1.54, 1.807) is 30.3 Å². The van der Waals surface area contributed by atoms with E-state index < -0.39 is 23.8 Å². The first-order valence-corrected chi connectivity index (χ1v) is 9.52. The molecule has 3 aromatic carbocycles. The Labute approximate surface area is 174 Å². The van der Waals surface area contributed by atoms with Crippen molar-refractivity contribution in [1.82, 2.24) is 0 Å². The Bertz CT molecular complexity index is 990. The molecule has 0 aliphatic heterocycles. The number of carbonyl (C=O) groups is 2. The molecule has 1 amide bonds. The first-order valence-electron chi connectivity index (χ1n) is 9.52. The normalized spacial score (nSPS) is 11.4. The first kappa shape index (κ1) is 21.0. The fourth-order valence-corrected chi connectivity index (χ4v) is 2.79. The number of carbonyl (C=O) groups excluding carboxylic acids is 2. The average Bonchev–Trinajstić information content (AvgIpc) is 2.75. The molecule has 0 saturated heterocycles. The van der Waals surface area contributed by atoms with Crippen LogP contribution in [0.4, 0.5) is 10.1 Å². The van der Waals surface area contributed by atoms with Gasteiger partial charge in [-0.25, -0.2) is 4.39 Å². The number of halogens is 1. The molecule has 0 heterocycles. The fraction of sp³-hybridized carbons (Fsp3) is 0.167. The predicted octanol–water partition coefficient (Wildman–Crippen LogP) is 4.83. The van der Waals surface area contributed by atoms with Crippen LogP contribution in [0.3, 0.4) is 0 Å². The lowest BCUT2D eigenvalue weighted by Crippen LogP contribution is -2.26. The van der Waals surface area contributed by atoms with E-state index in [1.807, 2.05) is 31.2 Å². The number of para-hydroxylation sites is 1. The molecule has 0 bridgehead atoms. The minimum atomic E-state index is -1.14. The number of amides is 1. The number of benzene rings is 3. The number of anilines is 1. The lowest BCUT2D eigenvalue weighted by atomic mass is 10.1. The van der Waals surface area contributed by atoms with Crippen molar-refractivity contribution >= 4 is 17.6 Å². The van der Waals surface area contributed by atoms with E-state index >= 15 is 0 Å². The number of nitrogens with one attached hydrogen (secondary N) is 1. The van der Waals surface area contributed by atoms with Crippen LogP contribution in [0.15, 0.2) is 78.9 Å². The van der Waals surface area contributed by atoms with Crippen molar-refractivity contribution in [3.05, 3.63) is 95.8 Å². The summed E-state index contributed by atoms with van der Waals surface area (Å²) < 4.78 is 24.2. The fourth-order valence-electron chi connectivity index (χ4n) is 2.79. The van der Waals surface area contributed by atoms with Crippen molar-refractivity contribution in [3.63, 3.8) is 0 Å². The molecule has 0 fully saturated rings. The van der Waals surface area contributed by atoms with Gasteiger partial charge in [0.05, 0.1) is 13.0 Å². The van der Waals surface area contributed by atoms with Crippen molar-refractivity contribution in [2.45, 2.75) is 19.4 Å². The summed E-state index contributed by atoms with van der Waals surface area (Å²) in [5.74, 6) is -0.806. The van der Waals surface area contributed by atoms with Crippen LogP contribution in [0.2, 0.25) is 0 Å². The van der Waals surface area contributed by atoms with Crippen LogP contribution in [0.25, 0.3) is 0 Å². The highest BCUT2D eigenvalue weighted by molar-refractivity contribution is 5.96. The lowest BCUT2D eigenvalue weighted by Gasteiger charge is -2.18. The van der Waals surface area contributed by atoms with Crippen LogP contribution in [0.5, 0.6) is 5.75 Å². The molecule has 0 unspecified atom stereocenters. The smallest absolute Gasteiger partial charge is 0.310 e. The average molecular weight is 407 g/mol.